The summed E-state index contributed by atoms with van der Waals surface area (Å²) in [7, 11) is 0. The summed E-state index contributed by atoms with van der Waals surface area (Å²) in [5, 5.41) is 5.10. The van der Waals surface area contributed by atoms with E-state index < -0.39 is 0 Å². The molecular formula is C14H14Cl2N2O2. The number of aromatic nitrogens is 1. The van der Waals surface area contributed by atoms with E-state index in [4.69, 9.17) is 38.2 Å². The Morgan fingerprint density at radius 2 is 2.10 bits per heavy atom. The molecule has 1 aliphatic rings. The lowest BCUT2D eigenvalue weighted by Gasteiger charge is -2.21. The second-order valence-electron chi connectivity index (χ2n) is 4.85. The maximum atomic E-state index is 6.07. The normalized spacial score (nSPS) is 19.2. The molecular weight excluding hydrogens is 299 g/mol. The van der Waals surface area contributed by atoms with E-state index in [1.807, 2.05) is 6.07 Å². The van der Waals surface area contributed by atoms with Gasteiger partial charge in [0.25, 0.3) is 0 Å². The largest absolute Gasteiger partial charge is 0.381 e. The molecule has 0 radical (unpaired) electrons. The molecule has 20 heavy (non-hydrogen) atoms. The third-order valence-corrected chi connectivity index (χ3v) is 4.24. The quantitative estimate of drug-likeness (QED) is 0.906. The molecule has 2 heterocycles. The molecule has 0 aliphatic carbocycles. The van der Waals surface area contributed by atoms with Gasteiger partial charge in [-0.05, 0) is 30.5 Å². The second-order valence-corrected chi connectivity index (χ2v) is 5.66. The van der Waals surface area contributed by atoms with Crippen molar-refractivity contribution in [3.63, 3.8) is 0 Å². The molecule has 106 valence electrons. The molecule has 0 bridgehead atoms. The van der Waals surface area contributed by atoms with Crippen molar-refractivity contribution in [3.05, 3.63) is 33.9 Å². The zero-order valence-corrected chi connectivity index (χ0v) is 12.2. The average molecular weight is 313 g/mol. The first-order valence-electron chi connectivity index (χ1n) is 6.45. The van der Waals surface area contributed by atoms with E-state index in [0.29, 0.717) is 22.5 Å². The molecule has 6 heteroatoms. The Morgan fingerprint density at radius 3 is 2.80 bits per heavy atom. The number of hydrogen-bond acceptors (Lipinski definition) is 4. The van der Waals surface area contributed by atoms with Crippen LogP contribution in [-0.2, 0) is 4.74 Å². The van der Waals surface area contributed by atoms with E-state index >= 15 is 0 Å². The van der Waals surface area contributed by atoms with Gasteiger partial charge in [0, 0.05) is 12.5 Å². The summed E-state index contributed by atoms with van der Waals surface area (Å²) in [5.41, 5.74) is 8.41. The molecule has 1 unspecified atom stereocenters. The summed E-state index contributed by atoms with van der Waals surface area (Å²) < 4.78 is 10.7. The van der Waals surface area contributed by atoms with Crippen LogP contribution in [0, 0.1) is 0 Å². The summed E-state index contributed by atoms with van der Waals surface area (Å²) in [6.45, 7) is 1.44. The predicted octanol–water partition coefficient (Wildman–Crippen LogP) is 4.12. The van der Waals surface area contributed by atoms with E-state index in [9.17, 15) is 0 Å². The van der Waals surface area contributed by atoms with Crippen LogP contribution in [0.2, 0.25) is 10.0 Å². The van der Waals surface area contributed by atoms with Crippen LogP contribution in [0.3, 0.4) is 0 Å². The first-order valence-corrected chi connectivity index (χ1v) is 7.20. The number of rotatable bonds is 2. The molecule has 2 aromatic rings. The van der Waals surface area contributed by atoms with Crippen molar-refractivity contribution < 1.29 is 9.26 Å². The average Bonchev–Trinajstić information content (AvgIpc) is 2.85. The molecule has 1 fully saturated rings. The number of nitrogens with zero attached hydrogens (tertiary/aromatic N) is 1. The number of benzene rings is 1. The van der Waals surface area contributed by atoms with Crippen LogP contribution in [-0.4, -0.2) is 18.4 Å². The Labute approximate surface area is 126 Å². The smallest absolute Gasteiger partial charge is 0.230 e. The maximum Gasteiger partial charge on any atom is 0.230 e. The van der Waals surface area contributed by atoms with Crippen molar-refractivity contribution in [2.45, 2.75) is 18.8 Å². The SMILES string of the molecule is Nc1onc(C2CCCOC2)c1-c1ccc(Cl)c(Cl)c1. The Hall–Kier alpha value is -1.23. The van der Waals surface area contributed by atoms with Crippen LogP contribution in [0.5, 0.6) is 0 Å². The molecule has 0 saturated carbocycles. The highest BCUT2D eigenvalue weighted by atomic mass is 35.5. The van der Waals surface area contributed by atoms with Crippen LogP contribution in [0.25, 0.3) is 11.1 Å². The van der Waals surface area contributed by atoms with Gasteiger partial charge in [-0.1, -0.05) is 34.4 Å². The Bertz CT molecular complexity index is 622. The number of nitrogens with two attached hydrogens (primary N) is 1. The molecule has 1 aromatic carbocycles. The number of halogens is 2. The van der Waals surface area contributed by atoms with Crippen molar-refractivity contribution in [1.82, 2.24) is 5.16 Å². The van der Waals surface area contributed by atoms with Gasteiger partial charge in [-0.15, -0.1) is 0 Å². The molecule has 2 N–H and O–H groups in total. The zero-order chi connectivity index (χ0) is 14.1. The van der Waals surface area contributed by atoms with Gasteiger partial charge in [0.05, 0.1) is 27.9 Å². The zero-order valence-electron chi connectivity index (χ0n) is 10.7. The van der Waals surface area contributed by atoms with Crippen LogP contribution in [0.4, 0.5) is 5.88 Å². The van der Waals surface area contributed by atoms with Gasteiger partial charge < -0.3 is 15.0 Å². The van der Waals surface area contributed by atoms with Crippen molar-refractivity contribution in [1.29, 1.82) is 0 Å². The van der Waals surface area contributed by atoms with Gasteiger partial charge in [0.1, 0.15) is 0 Å². The Balaban J connectivity index is 2.03. The minimum Gasteiger partial charge on any atom is -0.381 e. The monoisotopic (exact) mass is 312 g/mol. The first-order chi connectivity index (χ1) is 9.66. The Morgan fingerprint density at radius 1 is 1.25 bits per heavy atom. The molecule has 4 nitrogen and oxygen atoms in total. The minimum atomic E-state index is 0.203. The fraction of sp³-hybridized carbons (Fsp3) is 0.357. The minimum absolute atomic E-state index is 0.203. The molecule has 1 aromatic heterocycles. The molecule has 0 amide bonds. The van der Waals surface area contributed by atoms with Crippen molar-refractivity contribution in [3.8, 4) is 11.1 Å². The standard InChI is InChI=1S/C14H14Cl2N2O2/c15-10-4-3-8(6-11(10)16)12-13(18-20-14(12)17)9-2-1-5-19-7-9/h3-4,6,9H,1-2,5,7,17H2. The van der Waals surface area contributed by atoms with Crippen LogP contribution in [0.1, 0.15) is 24.5 Å². The predicted molar refractivity (Wildman–Crippen MR) is 79.2 cm³/mol. The third-order valence-electron chi connectivity index (χ3n) is 3.50. The first kappa shape index (κ1) is 13.7. The summed E-state index contributed by atoms with van der Waals surface area (Å²) in [5.74, 6) is 0.498. The fourth-order valence-electron chi connectivity index (χ4n) is 2.49. The molecule has 0 spiro atoms. The van der Waals surface area contributed by atoms with E-state index in [2.05, 4.69) is 5.16 Å². The number of ether oxygens (including phenoxy) is 1. The van der Waals surface area contributed by atoms with Gasteiger partial charge in [-0.3, -0.25) is 0 Å². The van der Waals surface area contributed by atoms with Crippen molar-refractivity contribution in [2.75, 3.05) is 18.9 Å². The summed E-state index contributed by atoms with van der Waals surface area (Å²) in [4.78, 5) is 0. The van der Waals surface area contributed by atoms with Gasteiger partial charge in [-0.25, -0.2) is 0 Å². The van der Waals surface area contributed by atoms with Gasteiger partial charge >= 0.3 is 0 Å². The van der Waals surface area contributed by atoms with E-state index in [0.717, 1.165) is 36.3 Å². The number of hydrogen-bond donors (Lipinski definition) is 1. The van der Waals surface area contributed by atoms with E-state index in [1.165, 1.54) is 0 Å². The maximum absolute atomic E-state index is 6.07. The lowest BCUT2D eigenvalue weighted by Crippen LogP contribution is -2.16. The highest BCUT2D eigenvalue weighted by Crippen LogP contribution is 2.38. The summed E-state index contributed by atoms with van der Waals surface area (Å²) in [6, 6.07) is 5.39. The summed E-state index contributed by atoms with van der Waals surface area (Å²) in [6.07, 6.45) is 2.03. The lowest BCUT2D eigenvalue weighted by molar-refractivity contribution is 0.0785. The van der Waals surface area contributed by atoms with Crippen molar-refractivity contribution in [2.24, 2.45) is 0 Å². The topological polar surface area (TPSA) is 61.3 Å². The lowest BCUT2D eigenvalue weighted by atomic mass is 9.93. The Kier molecular flexibility index (Phi) is 3.87. The molecule has 1 aliphatic heterocycles. The number of anilines is 1. The highest BCUT2D eigenvalue weighted by Gasteiger charge is 2.26. The highest BCUT2D eigenvalue weighted by molar-refractivity contribution is 6.42. The second kappa shape index (κ2) is 5.64. The molecule has 1 atom stereocenters. The van der Waals surface area contributed by atoms with E-state index in [-0.39, 0.29) is 5.92 Å². The van der Waals surface area contributed by atoms with Gasteiger partial charge in [0.15, 0.2) is 0 Å². The molecule has 1 saturated heterocycles. The third kappa shape index (κ3) is 2.51. The van der Waals surface area contributed by atoms with Gasteiger partial charge in [0.2, 0.25) is 5.88 Å². The van der Waals surface area contributed by atoms with Crippen LogP contribution < -0.4 is 5.73 Å². The van der Waals surface area contributed by atoms with Crippen LogP contribution >= 0.6 is 23.2 Å². The fourth-order valence-corrected chi connectivity index (χ4v) is 2.79. The number of nitrogen functional groups attached to an aromatic ring is 1. The van der Waals surface area contributed by atoms with Gasteiger partial charge in [-0.2, -0.15) is 0 Å². The molecule has 3 rings (SSSR count). The van der Waals surface area contributed by atoms with E-state index in [1.54, 1.807) is 12.1 Å². The van der Waals surface area contributed by atoms with Crippen molar-refractivity contribution >= 4 is 29.1 Å². The van der Waals surface area contributed by atoms with Crippen LogP contribution in [0.15, 0.2) is 22.7 Å². The summed E-state index contributed by atoms with van der Waals surface area (Å²) >= 11 is 12.0.